The molecule has 4 aromatic rings. The first-order valence-corrected chi connectivity index (χ1v) is 8.46. The molecule has 0 aliphatic carbocycles. The highest BCUT2D eigenvalue weighted by atomic mass is 16.1. The highest BCUT2D eigenvalue weighted by Crippen LogP contribution is 2.14. The molecule has 0 fully saturated rings. The van der Waals surface area contributed by atoms with Gasteiger partial charge in [-0.1, -0.05) is 36.4 Å². The van der Waals surface area contributed by atoms with Crippen LogP contribution in [0.4, 0.5) is 0 Å². The molecule has 0 spiro atoms. The molecule has 0 aliphatic heterocycles. The van der Waals surface area contributed by atoms with Crippen molar-refractivity contribution in [2.24, 2.45) is 0 Å². The van der Waals surface area contributed by atoms with Gasteiger partial charge in [0, 0.05) is 18.9 Å². The van der Waals surface area contributed by atoms with Crippen LogP contribution in [0.5, 0.6) is 0 Å². The number of carbonyl (C=O) groups is 1. The first kappa shape index (κ1) is 16.6. The second-order valence-corrected chi connectivity index (χ2v) is 5.93. The Labute approximate surface area is 155 Å². The van der Waals surface area contributed by atoms with Crippen LogP contribution in [0.25, 0.3) is 5.69 Å². The molecule has 0 aliphatic rings. The van der Waals surface area contributed by atoms with Gasteiger partial charge in [-0.3, -0.25) is 9.48 Å². The van der Waals surface area contributed by atoms with Crippen LogP contribution in [-0.2, 0) is 13.1 Å². The van der Waals surface area contributed by atoms with Gasteiger partial charge in [0.15, 0.2) is 0 Å². The summed E-state index contributed by atoms with van der Waals surface area (Å²) in [5, 5.41) is 18.4. The molecule has 4 rings (SSSR count). The van der Waals surface area contributed by atoms with Gasteiger partial charge in [-0.15, -0.1) is 5.10 Å². The molecular weight excluding hydrogens is 342 g/mol. The quantitative estimate of drug-likeness (QED) is 0.567. The van der Waals surface area contributed by atoms with Gasteiger partial charge in [0.1, 0.15) is 6.33 Å². The zero-order valence-electron chi connectivity index (χ0n) is 14.4. The number of aromatic nitrogens is 6. The molecule has 0 saturated heterocycles. The summed E-state index contributed by atoms with van der Waals surface area (Å²) in [5.41, 5.74) is 3.29. The molecule has 134 valence electrons. The van der Waals surface area contributed by atoms with Gasteiger partial charge >= 0.3 is 0 Å². The second-order valence-electron chi connectivity index (χ2n) is 5.93. The summed E-state index contributed by atoms with van der Waals surface area (Å²) in [5.74, 6) is -0.185. The van der Waals surface area contributed by atoms with Crippen molar-refractivity contribution in [3.8, 4) is 5.69 Å². The Kier molecular flexibility index (Phi) is 4.69. The maximum atomic E-state index is 12.8. The molecule has 2 heterocycles. The number of hydrogen-bond acceptors (Lipinski definition) is 5. The summed E-state index contributed by atoms with van der Waals surface area (Å²) in [7, 11) is 0. The van der Waals surface area contributed by atoms with Gasteiger partial charge in [-0.05, 0) is 39.8 Å². The lowest BCUT2D eigenvalue weighted by molar-refractivity contribution is 0.0950. The van der Waals surface area contributed by atoms with E-state index >= 15 is 0 Å². The molecule has 8 heteroatoms. The van der Waals surface area contributed by atoms with Crippen LogP contribution in [0.3, 0.4) is 0 Å². The van der Waals surface area contributed by atoms with Crippen LogP contribution in [0.1, 0.15) is 21.5 Å². The summed E-state index contributed by atoms with van der Waals surface area (Å²) < 4.78 is 3.33. The Morgan fingerprint density at radius 3 is 2.59 bits per heavy atom. The third-order valence-corrected chi connectivity index (χ3v) is 4.19. The van der Waals surface area contributed by atoms with Gasteiger partial charge in [-0.25, -0.2) is 0 Å². The fourth-order valence-corrected chi connectivity index (χ4v) is 2.86. The first-order chi connectivity index (χ1) is 13.3. The smallest absolute Gasteiger partial charge is 0.253 e. The fourth-order valence-electron chi connectivity index (χ4n) is 2.86. The minimum Gasteiger partial charge on any atom is -0.348 e. The van der Waals surface area contributed by atoms with E-state index in [1.54, 1.807) is 18.3 Å². The molecular formula is C19H17N7O. The largest absolute Gasteiger partial charge is 0.348 e. The number of benzene rings is 2. The summed E-state index contributed by atoms with van der Waals surface area (Å²) in [4.78, 5) is 12.8. The van der Waals surface area contributed by atoms with Gasteiger partial charge in [-0.2, -0.15) is 9.78 Å². The highest BCUT2D eigenvalue weighted by Gasteiger charge is 2.13. The number of carbonyl (C=O) groups excluding carboxylic acids is 1. The maximum absolute atomic E-state index is 12.8. The van der Waals surface area contributed by atoms with E-state index in [1.165, 1.54) is 11.0 Å². The minimum atomic E-state index is -0.185. The number of rotatable bonds is 6. The third kappa shape index (κ3) is 3.74. The number of nitrogens with one attached hydrogen (secondary N) is 1. The van der Waals surface area contributed by atoms with Crippen molar-refractivity contribution in [1.29, 1.82) is 0 Å². The highest BCUT2D eigenvalue weighted by molar-refractivity contribution is 5.97. The summed E-state index contributed by atoms with van der Waals surface area (Å²) in [6.45, 7) is 1.07. The average Bonchev–Trinajstić information content (AvgIpc) is 3.41. The third-order valence-electron chi connectivity index (χ3n) is 4.19. The zero-order valence-corrected chi connectivity index (χ0v) is 14.4. The van der Waals surface area contributed by atoms with E-state index < -0.39 is 0 Å². The molecule has 2 aromatic carbocycles. The Balaban J connectivity index is 1.51. The van der Waals surface area contributed by atoms with Crippen LogP contribution < -0.4 is 5.32 Å². The molecule has 27 heavy (non-hydrogen) atoms. The fraction of sp³-hybridized carbons (Fsp3) is 0.105. The molecule has 0 bridgehead atoms. The molecule has 2 aromatic heterocycles. The van der Waals surface area contributed by atoms with Gasteiger partial charge < -0.3 is 5.32 Å². The molecule has 1 amide bonds. The van der Waals surface area contributed by atoms with E-state index in [0.29, 0.717) is 24.3 Å². The Bertz CT molecular complexity index is 1030. The molecule has 8 nitrogen and oxygen atoms in total. The topological polar surface area (TPSA) is 90.5 Å². The Hall–Kier alpha value is -3.81. The maximum Gasteiger partial charge on any atom is 0.253 e. The van der Waals surface area contributed by atoms with Crippen LogP contribution >= 0.6 is 0 Å². The van der Waals surface area contributed by atoms with Crippen molar-refractivity contribution in [2.75, 3.05) is 0 Å². The van der Waals surface area contributed by atoms with Crippen molar-refractivity contribution in [2.45, 2.75) is 13.1 Å². The Morgan fingerprint density at radius 2 is 1.81 bits per heavy atom. The van der Waals surface area contributed by atoms with Crippen molar-refractivity contribution in [3.05, 3.63) is 90.0 Å². The zero-order chi connectivity index (χ0) is 18.5. The van der Waals surface area contributed by atoms with E-state index in [4.69, 9.17) is 0 Å². The number of hydrogen-bond donors (Lipinski definition) is 1. The lowest BCUT2D eigenvalue weighted by Crippen LogP contribution is -2.25. The van der Waals surface area contributed by atoms with E-state index in [9.17, 15) is 4.79 Å². The molecule has 1 N–H and O–H groups in total. The van der Waals surface area contributed by atoms with Crippen molar-refractivity contribution in [1.82, 2.24) is 35.3 Å². The SMILES string of the molecule is O=C(NCc1ccccc1Cn1cccn1)c1ccccc1-n1cnnn1. The van der Waals surface area contributed by atoms with E-state index in [0.717, 1.165) is 11.1 Å². The van der Waals surface area contributed by atoms with Crippen molar-refractivity contribution >= 4 is 5.91 Å². The van der Waals surface area contributed by atoms with E-state index in [2.05, 4.69) is 25.9 Å². The predicted octanol–water partition coefficient (Wildman–Crippen LogP) is 1.84. The second kappa shape index (κ2) is 7.61. The normalized spacial score (nSPS) is 10.7. The van der Waals surface area contributed by atoms with Crippen LogP contribution in [0.2, 0.25) is 0 Å². The summed E-state index contributed by atoms with van der Waals surface area (Å²) >= 11 is 0. The Morgan fingerprint density at radius 1 is 1.00 bits per heavy atom. The van der Waals surface area contributed by atoms with Crippen molar-refractivity contribution < 1.29 is 4.79 Å². The monoisotopic (exact) mass is 359 g/mol. The number of nitrogens with zero attached hydrogens (tertiary/aromatic N) is 6. The molecule has 0 radical (unpaired) electrons. The van der Waals surface area contributed by atoms with E-state index in [1.807, 2.05) is 53.3 Å². The number of para-hydroxylation sites is 1. The lowest BCUT2D eigenvalue weighted by atomic mass is 10.1. The minimum absolute atomic E-state index is 0.185. The van der Waals surface area contributed by atoms with Gasteiger partial charge in [0.2, 0.25) is 0 Å². The number of amides is 1. The van der Waals surface area contributed by atoms with Gasteiger partial charge in [0.25, 0.3) is 5.91 Å². The van der Waals surface area contributed by atoms with Crippen LogP contribution in [0, 0.1) is 0 Å². The van der Waals surface area contributed by atoms with Crippen LogP contribution in [0.15, 0.2) is 73.3 Å². The van der Waals surface area contributed by atoms with E-state index in [-0.39, 0.29) is 5.91 Å². The molecule has 0 atom stereocenters. The summed E-state index contributed by atoms with van der Waals surface area (Å²) in [6.07, 6.45) is 5.13. The van der Waals surface area contributed by atoms with Gasteiger partial charge in [0.05, 0.1) is 17.8 Å². The van der Waals surface area contributed by atoms with Crippen molar-refractivity contribution in [3.63, 3.8) is 0 Å². The van der Waals surface area contributed by atoms with Crippen LogP contribution in [-0.4, -0.2) is 35.9 Å². The average molecular weight is 359 g/mol. The molecule has 0 unspecified atom stereocenters. The standard InChI is InChI=1S/C19H17N7O/c27-19(17-8-3-4-9-18(17)26-14-21-23-24-26)20-12-15-6-1-2-7-16(15)13-25-11-5-10-22-25/h1-11,14H,12-13H2,(H,20,27). The molecule has 0 saturated carbocycles. The lowest BCUT2D eigenvalue weighted by Gasteiger charge is -2.12. The number of tetrazole rings is 1. The summed E-state index contributed by atoms with van der Waals surface area (Å²) in [6, 6.07) is 17.1. The first-order valence-electron chi connectivity index (χ1n) is 8.46. The predicted molar refractivity (Wildman–Crippen MR) is 98.1 cm³/mol.